The van der Waals surface area contributed by atoms with Crippen molar-refractivity contribution in [1.82, 2.24) is 24.5 Å². The molecule has 168 valence electrons. The van der Waals surface area contributed by atoms with Crippen LogP contribution >= 0.6 is 0 Å². The average Bonchev–Trinajstić information content (AvgIpc) is 3.15. The molecule has 0 atom stereocenters. The summed E-state index contributed by atoms with van der Waals surface area (Å²) >= 11 is 0. The Morgan fingerprint density at radius 1 is 1.03 bits per heavy atom. The van der Waals surface area contributed by atoms with E-state index in [1.807, 2.05) is 20.8 Å². The van der Waals surface area contributed by atoms with Gasteiger partial charge in [0.05, 0.1) is 11.4 Å². The van der Waals surface area contributed by atoms with Gasteiger partial charge in [-0.15, -0.1) is 15.3 Å². The van der Waals surface area contributed by atoms with E-state index in [1.54, 1.807) is 40.9 Å². The quantitative estimate of drug-likeness (QED) is 0.402. The zero-order valence-corrected chi connectivity index (χ0v) is 18.7. The molecule has 0 saturated heterocycles. The Morgan fingerprint density at radius 2 is 1.74 bits per heavy atom. The van der Waals surface area contributed by atoms with Gasteiger partial charge in [-0.25, -0.2) is 13.1 Å². The fourth-order valence-corrected chi connectivity index (χ4v) is 3.94. The van der Waals surface area contributed by atoms with Crippen LogP contribution in [0.2, 0.25) is 0 Å². The maximum Gasteiger partial charge on any atom is 0.240 e. The number of aromatic nitrogens is 4. The van der Waals surface area contributed by atoms with Crippen molar-refractivity contribution in [3.63, 3.8) is 0 Å². The first-order chi connectivity index (χ1) is 14.9. The Labute approximate surface area is 182 Å². The van der Waals surface area contributed by atoms with Gasteiger partial charge in [-0.2, -0.15) is 4.52 Å². The first-order valence-corrected chi connectivity index (χ1v) is 11.7. The number of fused-ring (bicyclic) bond motifs is 1. The van der Waals surface area contributed by atoms with Gasteiger partial charge in [-0.05, 0) is 45.0 Å². The molecule has 0 amide bonds. The number of hydrogen-bond donors (Lipinski definition) is 2. The number of anilines is 1. The molecule has 2 heterocycles. The summed E-state index contributed by atoms with van der Waals surface area (Å²) in [6, 6.07) is 10.3. The van der Waals surface area contributed by atoms with Crippen molar-refractivity contribution in [2.24, 2.45) is 0 Å². The monoisotopic (exact) mass is 448 g/mol. The second-order valence-electron chi connectivity index (χ2n) is 6.79. The number of hydrogen-bond acceptors (Lipinski definition) is 8. The molecular weight excluding hydrogens is 420 g/mol. The molecule has 0 aliphatic rings. The molecule has 0 fully saturated rings. The summed E-state index contributed by atoms with van der Waals surface area (Å²) in [5, 5.41) is 15.9. The highest BCUT2D eigenvalue weighted by molar-refractivity contribution is 7.89. The molecule has 10 nitrogen and oxygen atoms in total. The van der Waals surface area contributed by atoms with E-state index in [1.165, 1.54) is 0 Å². The van der Waals surface area contributed by atoms with E-state index in [4.69, 9.17) is 9.47 Å². The van der Waals surface area contributed by atoms with Crippen molar-refractivity contribution in [3.05, 3.63) is 47.8 Å². The molecule has 0 aliphatic carbocycles. The van der Waals surface area contributed by atoms with Gasteiger partial charge in [-0.1, -0.05) is 17.7 Å². The highest BCUT2D eigenvalue weighted by Crippen LogP contribution is 2.11. The van der Waals surface area contributed by atoms with Gasteiger partial charge in [0.15, 0.2) is 17.8 Å². The van der Waals surface area contributed by atoms with E-state index in [0.717, 1.165) is 5.56 Å². The van der Waals surface area contributed by atoms with Gasteiger partial charge in [-0.3, -0.25) is 0 Å². The summed E-state index contributed by atoms with van der Waals surface area (Å²) < 4.78 is 40.1. The zero-order chi connectivity index (χ0) is 22.3. The van der Waals surface area contributed by atoms with Crippen molar-refractivity contribution in [3.8, 4) is 0 Å². The molecule has 3 rings (SSSR count). The van der Waals surface area contributed by atoms with Gasteiger partial charge in [0, 0.05) is 26.2 Å². The first kappa shape index (κ1) is 23.1. The van der Waals surface area contributed by atoms with E-state index < -0.39 is 10.0 Å². The van der Waals surface area contributed by atoms with Crippen molar-refractivity contribution < 1.29 is 17.9 Å². The molecule has 0 spiro atoms. The average molecular weight is 449 g/mol. The van der Waals surface area contributed by atoms with Crippen LogP contribution in [-0.4, -0.2) is 60.8 Å². The number of aryl methyl sites for hydroxylation is 1. The minimum atomic E-state index is -3.59. The maximum atomic E-state index is 12.4. The summed E-state index contributed by atoms with van der Waals surface area (Å²) in [6.07, 6.45) is -0.0347. The van der Waals surface area contributed by atoms with Crippen LogP contribution in [0.1, 0.15) is 25.2 Å². The molecule has 1 aromatic carbocycles. The molecule has 2 aromatic heterocycles. The normalized spacial score (nSPS) is 12.0. The molecule has 0 saturated carbocycles. The van der Waals surface area contributed by atoms with Crippen LogP contribution in [0.15, 0.2) is 41.3 Å². The summed E-state index contributed by atoms with van der Waals surface area (Å²) in [5.74, 6) is 1.16. The van der Waals surface area contributed by atoms with Crippen LogP contribution in [0, 0.1) is 6.92 Å². The lowest BCUT2D eigenvalue weighted by Gasteiger charge is -2.17. The first-order valence-electron chi connectivity index (χ1n) is 10.2. The van der Waals surface area contributed by atoms with E-state index in [2.05, 4.69) is 25.3 Å². The summed E-state index contributed by atoms with van der Waals surface area (Å²) in [4.78, 5) is 0.229. The Hall–Kier alpha value is -2.60. The third-order valence-corrected chi connectivity index (χ3v) is 5.93. The molecular formula is C20H28N6O4S. The summed E-state index contributed by atoms with van der Waals surface area (Å²) in [6.45, 7) is 7.44. The molecule has 31 heavy (non-hydrogen) atoms. The van der Waals surface area contributed by atoms with E-state index >= 15 is 0 Å². The highest BCUT2D eigenvalue weighted by Gasteiger charge is 2.15. The third kappa shape index (κ3) is 6.20. The lowest BCUT2D eigenvalue weighted by Crippen LogP contribution is -2.27. The van der Waals surface area contributed by atoms with E-state index in [0.29, 0.717) is 43.5 Å². The number of sulfonamides is 1. The fraction of sp³-hybridized carbons (Fsp3) is 0.450. The van der Waals surface area contributed by atoms with Crippen LogP contribution in [0.25, 0.3) is 5.65 Å². The molecule has 11 heteroatoms. The minimum Gasteiger partial charge on any atom is -0.364 e. The van der Waals surface area contributed by atoms with Crippen LogP contribution in [0.3, 0.4) is 0 Å². The second-order valence-corrected chi connectivity index (χ2v) is 8.55. The van der Waals surface area contributed by atoms with E-state index in [-0.39, 0.29) is 17.7 Å². The molecule has 0 radical (unpaired) electrons. The minimum absolute atomic E-state index is 0.174. The number of benzene rings is 1. The largest absolute Gasteiger partial charge is 0.364 e. The Kier molecular flexibility index (Phi) is 7.91. The highest BCUT2D eigenvalue weighted by atomic mass is 32.2. The standard InChI is InChI=1S/C20H28N6O4S/c1-4-29-20(30-5-2)14-21-17-10-11-18-23-24-19(26(18)25-17)12-13-22-31(27,28)16-8-6-15(3)7-9-16/h6-11,20,22H,4-5,12-14H2,1-3H3,(H,21,25). The Balaban J connectivity index is 1.63. The van der Waals surface area contributed by atoms with Crippen LogP contribution in [0.5, 0.6) is 0 Å². The molecule has 0 bridgehead atoms. The van der Waals surface area contributed by atoms with Gasteiger partial charge in [0.2, 0.25) is 10.0 Å². The lowest BCUT2D eigenvalue weighted by molar-refractivity contribution is -0.126. The van der Waals surface area contributed by atoms with Gasteiger partial charge >= 0.3 is 0 Å². The number of rotatable bonds is 12. The van der Waals surface area contributed by atoms with Gasteiger partial charge in [0.1, 0.15) is 5.82 Å². The fourth-order valence-electron chi connectivity index (χ4n) is 2.91. The molecule has 3 aromatic rings. The van der Waals surface area contributed by atoms with Gasteiger partial charge < -0.3 is 14.8 Å². The second kappa shape index (κ2) is 10.6. The van der Waals surface area contributed by atoms with Crippen molar-refractivity contribution in [1.29, 1.82) is 0 Å². The molecule has 2 N–H and O–H groups in total. The third-order valence-electron chi connectivity index (χ3n) is 4.45. The Morgan fingerprint density at radius 3 is 2.42 bits per heavy atom. The van der Waals surface area contributed by atoms with Crippen LogP contribution in [0.4, 0.5) is 5.82 Å². The number of nitrogens with zero attached hydrogens (tertiary/aromatic N) is 4. The van der Waals surface area contributed by atoms with E-state index in [9.17, 15) is 8.42 Å². The topological polar surface area (TPSA) is 120 Å². The van der Waals surface area contributed by atoms with Crippen LogP contribution < -0.4 is 10.0 Å². The zero-order valence-electron chi connectivity index (χ0n) is 17.9. The smallest absolute Gasteiger partial charge is 0.240 e. The predicted octanol–water partition coefficient (Wildman–Crippen LogP) is 1.76. The van der Waals surface area contributed by atoms with Crippen molar-refractivity contribution in [2.75, 3.05) is 31.6 Å². The van der Waals surface area contributed by atoms with Gasteiger partial charge in [0.25, 0.3) is 0 Å². The lowest BCUT2D eigenvalue weighted by atomic mass is 10.2. The summed E-state index contributed by atoms with van der Waals surface area (Å²) in [5.41, 5.74) is 1.58. The Bertz CT molecular complexity index is 1080. The SMILES string of the molecule is CCOC(CNc1ccc2nnc(CCNS(=O)(=O)c3ccc(C)cc3)n2n1)OCC. The van der Waals surface area contributed by atoms with Crippen molar-refractivity contribution in [2.45, 2.75) is 38.4 Å². The summed E-state index contributed by atoms with van der Waals surface area (Å²) in [7, 11) is -3.59. The number of nitrogens with one attached hydrogen (secondary N) is 2. The molecule has 0 aliphatic heterocycles. The molecule has 0 unspecified atom stereocenters. The maximum absolute atomic E-state index is 12.4. The van der Waals surface area contributed by atoms with Crippen molar-refractivity contribution >= 4 is 21.5 Å². The van der Waals surface area contributed by atoms with Crippen LogP contribution in [-0.2, 0) is 25.9 Å². The predicted molar refractivity (Wildman–Crippen MR) is 116 cm³/mol. The number of ether oxygens (including phenoxy) is 2.